The third-order valence-electron chi connectivity index (χ3n) is 14.3. The van der Waals surface area contributed by atoms with Crippen LogP contribution in [0.2, 0.25) is 0 Å². The van der Waals surface area contributed by atoms with Crippen LogP contribution in [0.4, 0.5) is 27.5 Å². The molecule has 5 aliphatic rings. The maximum atomic E-state index is 14.2. The fourth-order valence-corrected chi connectivity index (χ4v) is 10.1. The van der Waals surface area contributed by atoms with Gasteiger partial charge < -0.3 is 59.6 Å². The molecule has 2 fully saturated rings. The maximum Gasteiger partial charge on any atom is 0.405 e. The normalized spacial score (nSPS) is 20.9. The molecule has 19 nitrogen and oxygen atoms in total. The molecule has 1 unspecified atom stereocenters. The maximum absolute atomic E-state index is 14.2. The molecule has 5 atom stereocenters. The van der Waals surface area contributed by atoms with Crippen molar-refractivity contribution in [3.63, 3.8) is 0 Å². The van der Waals surface area contributed by atoms with E-state index in [4.69, 9.17) is 34.0 Å². The van der Waals surface area contributed by atoms with Crippen molar-refractivity contribution in [3.8, 4) is 17.2 Å². The number of carbonyl (C=O) groups is 5. The third-order valence-corrected chi connectivity index (χ3v) is 14.3. The molecule has 0 saturated carbocycles. The van der Waals surface area contributed by atoms with E-state index < -0.39 is 35.6 Å². The molecule has 5 heterocycles. The summed E-state index contributed by atoms with van der Waals surface area (Å²) >= 11 is 0. The highest BCUT2D eigenvalue weighted by molar-refractivity contribution is 6.06. The highest BCUT2D eigenvalue weighted by Crippen LogP contribution is 2.44. The van der Waals surface area contributed by atoms with Gasteiger partial charge in [0.1, 0.15) is 23.4 Å². The molecule has 4 N–H and O–H groups in total. The lowest BCUT2D eigenvalue weighted by Gasteiger charge is -2.35. The minimum atomic E-state index is -1.33. The summed E-state index contributed by atoms with van der Waals surface area (Å²) in [7, 11) is 5.25. The summed E-state index contributed by atoms with van der Waals surface area (Å²) in [6.07, 6.45) is 5.64. The number of hydrogen-bond acceptors (Lipinski definition) is 13. The second-order valence-corrected chi connectivity index (χ2v) is 19.7. The molecular weight excluding hydrogens is 947 g/mol. The summed E-state index contributed by atoms with van der Waals surface area (Å²) in [6.45, 7) is 9.76. The van der Waals surface area contributed by atoms with E-state index in [2.05, 4.69) is 57.1 Å². The predicted molar refractivity (Wildman–Crippen MR) is 281 cm³/mol. The number of ether oxygens (including phenoxy) is 4. The summed E-state index contributed by atoms with van der Waals surface area (Å²) in [4.78, 5) is 83.0. The Morgan fingerprint density at radius 2 is 1.50 bits per heavy atom. The van der Waals surface area contributed by atoms with Crippen LogP contribution >= 0.6 is 0 Å². The van der Waals surface area contributed by atoms with Crippen molar-refractivity contribution in [1.82, 2.24) is 25.3 Å². The zero-order chi connectivity index (χ0) is 52.3. The molecule has 5 amide bonds. The van der Waals surface area contributed by atoms with Gasteiger partial charge in [0.2, 0.25) is 11.8 Å². The van der Waals surface area contributed by atoms with Gasteiger partial charge in [0.15, 0.2) is 11.5 Å². The summed E-state index contributed by atoms with van der Waals surface area (Å²) in [6, 6.07) is 21.9. The van der Waals surface area contributed by atoms with Crippen LogP contribution < -0.4 is 35.1 Å². The van der Waals surface area contributed by atoms with E-state index in [0.717, 1.165) is 48.6 Å². The van der Waals surface area contributed by atoms with Gasteiger partial charge in [-0.3, -0.25) is 29.2 Å². The first kappa shape index (κ1) is 51.1. The molecule has 0 radical (unpaired) electrons. The number of fused-ring (bicyclic) bond motifs is 4. The average molecular weight is 1010 g/mol. The van der Waals surface area contributed by atoms with Crippen molar-refractivity contribution in [3.05, 3.63) is 107 Å². The predicted octanol–water partition coefficient (Wildman–Crippen LogP) is 6.47. The zero-order valence-corrected chi connectivity index (χ0v) is 42.5. The quantitative estimate of drug-likeness (QED) is 0.0838. The second-order valence-electron chi connectivity index (χ2n) is 19.7. The molecule has 388 valence electrons. The number of piperazine rings is 1. The summed E-state index contributed by atoms with van der Waals surface area (Å²) in [5, 5.41) is 16.7. The highest BCUT2D eigenvalue weighted by atomic mass is 16.5. The number of benzene rings is 4. The van der Waals surface area contributed by atoms with E-state index >= 15 is 0 Å². The molecule has 74 heavy (non-hydrogen) atoms. The van der Waals surface area contributed by atoms with Crippen LogP contribution in [-0.4, -0.2) is 153 Å². The van der Waals surface area contributed by atoms with Gasteiger partial charge in [-0.15, -0.1) is 0 Å². The topological polar surface area (TPSA) is 216 Å². The monoisotopic (exact) mass is 1010 g/mol. The van der Waals surface area contributed by atoms with Crippen LogP contribution in [-0.2, 0) is 19.9 Å². The fourth-order valence-electron chi connectivity index (χ4n) is 10.1. The number of hydrogen-bond donors (Lipinski definition) is 4. The number of likely N-dealkylation sites (N-methyl/N-ethyl adjacent to an activating group) is 1. The molecule has 9 rings (SSSR count). The number of nitrogens with zero attached hydrogens (tertiary/aromatic N) is 6. The van der Waals surface area contributed by atoms with E-state index in [0.29, 0.717) is 77.9 Å². The van der Waals surface area contributed by atoms with Crippen LogP contribution in [0.25, 0.3) is 5.57 Å². The number of rotatable bonds is 17. The number of anilines is 2. The van der Waals surface area contributed by atoms with Crippen molar-refractivity contribution < 1.29 is 48.0 Å². The molecule has 5 aliphatic heterocycles. The van der Waals surface area contributed by atoms with Gasteiger partial charge in [0.25, 0.3) is 11.8 Å². The lowest BCUT2D eigenvalue weighted by molar-refractivity contribution is -0.128. The number of carboxylic acid groups (broad SMARTS) is 1. The Hall–Kier alpha value is -7.77. The molecule has 0 aliphatic carbocycles. The lowest BCUT2D eigenvalue weighted by Crippen LogP contribution is -2.53. The van der Waals surface area contributed by atoms with Crippen molar-refractivity contribution in [2.75, 3.05) is 77.4 Å². The van der Waals surface area contributed by atoms with Crippen molar-refractivity contribution in [2.24, 2.45) is 15.9 Å². The first-order valence-electron chi connectivity index (χ1n) is 25.0. The average Bonchev–Trinajstić information content (AvgIpc) is 3.95. The third kappa shape index (κ3) is 10.8. The van der Waals surface area contributed by atoms with Gasteiger partial charge in [-0.05, 0) is 85.1 Å². The van der Waals surface area contributed by atoms with Crippen molar-refractivity contribution in [2.45, 2.75) is 69.8 Å². The van der Waals surface area contributed by atoms with Crippen molar-refractivity contribution >= 4 is 70.5 Å². The SMILES string of the molecule is COc1ccc2c(c1)C(=O)N1CC(OCCCOc3cc4c(cc3OC)C(=O)N3C=C(c5ccc(NC(=O)[C@H](C)NC(=O)[C@@H](NC(=O)O)C(C)C)cc5)C[C@H]3C=N4)(c3ccc(N4CCN(C)CC4)cc3)C[C@H]1C=N2. The van der Waals surface area contributed by atoms with E-state index in [1.165, 1.54) is 14.0 Å². The number of nitrogens with one attached hydrogen (secondary N) is 3. The highest BCUT2D eigenvalue weighted by Gasteiger charge is 2.49. The standard InChI is InChI=1S/C55H63N9O10/c1-33(2)49(60-54(69)70)51(66)58-34(3)50(65)59-38-12-8-35(9-13-38)36-24-40-29-57-46-27-48(47(72-6)26-44(46)52(67)63(40)31-36)73-22-7-23-74-55(37-10-14-39(15-11-37)62-20-18-61(4)19-21-62)28-41-30-56-45-17-16-42(71-5)25-43(45)53(68)64(41)32-55/h8-17,25-27,29-31,33-34,40-41,49,60H,7,18-24,28,32H2,1-6H3,(H,58,66)(H,59,65)(H,69,70)/t34-,40-,41-,49-,55?/m0/s1. The summed E-state index contributed by atoms with van der Waals surface area (Å²) in [5.41, 5.74) is 5.48. The van der Waals surface area contributed by atoms with Crippen molar-refractivity contribution in [1.29, 1.82) is 0 Å². The Morgan fingerprint density at radius 3 is 2.20 bits per heavy atom. The van der Waals surface area contributed by atoms with Crippen LogP contribution in [0, 0.1) is 5.92 Å². The molecule has 4 aromatic carbocycles. The minimum absolute atomic E-state index is 0.124. The molecule has 4 aromatic rings. The van der Waals surface area contributed by atoms with Crippen LogP contribution in [0.3, 0.4) is 0 Å². The zero-order valence-electron chi connectivity index (χ0n) is 42.5. The Kier molecular flexibility index (Phi) is 15.0. The molecule has 19 heteroatoms. The number of carbonyl (C=O) groups excluding carboxylic acids is 4. The molecule has 0 aromatic heterocycles. The Morgan fingerprint density at radius 1 is 0.784 bits per heavy atom. The molecule has 0 bridgehead atoms. The van der Waals surface area contributed by atoms with Gasteiger partial charge >= 0.3 is 6.09 Å². The molecule has 0 spiro atoms. The first-order valence-corrected chi connectivity index (χ1v) is 25.0. The van der Waals surface area contributed by atoms with Gasteiger partial charge in [-0.2, -0.15) is 0 Å². The smallest absolute Gasteiger partial charge is 0.405 e. The fraction of sp³-hybridized carbons (Fsp3) is 0.400. The van der Waals surface area contributed by atoms with E-state index in [1.54, 1.807) is 62.4 Å². The Labute approximate surface area is 430 Å². The van der Waals surface area contributed by atoms with E-state index in [9.17, 15) is 24.0 Å². The number of amides is 5. The van der Waals surface area contributed by atoms with Crippen LogP contribution in [0.5, 0.6) is 17.2 Å². The Balaban J connectivity index is 0.835. The van der Waals surface area contributed by atoms with E-state index in [1.807, 2.05) is 41.6 Å². The molecule has 2 saturated heterocycles. The molecular formula is C55H63N9O10. The van der Waals surface area contributed by atoms with Crippen LogP contribution in [0.15, 0.2) is 95.0 Å². The summed E-state index contributed by atoms with van der Waals surface area (Å²) in [5.74, 6) is -0.362. The lowest BCUT2D eigenvalue weighted by atomic mass is 9.90. The minimum Gasteiger partial charge on any atom is -0.497 e. The largest absolute Gasteiger partial charge is 0.497 e. The first-order chi connectivity index (χ1) is 35.6. The van der Waals surface area contributed by atoms with Gasteiger partial charge in [-0.25, -0.2) is 4.79 Å². The second kappa shape index (κ2) is 21.8. The van der Waals surface area contributed by atoms with Crippen LogP contribution in [0.1, 0.15) is 71.9 Å². The summed E-state index contributed by atoms with van der Waals surface area (Å²) < 4.78 is 24.5. The van der Waals surface area contributed by atoms with Gasteiger partial charge in [0, 0.05) is 81.5 Å². The number of aliphatic imine (C=N–C) groups is 2. The Bertz CT molecular complexity index is 2880. The van der Waals surface area contributed by atoms with Gasteiger partial charge in [-0.1, -0.05) is 38.1 Å². The van der Waals surface area contributed by atoms with Gasteiger partial charge in [0.05, 0.1) is 68.6 Å². The van der Waals surface area contributed by atoms with E-state index in [-0.39, 0.29) is 36.4 Å². The number of methoxy groups -OCH3 is 2.